The minimum atomic E-state index is -5.85. The Labute approximate surface area is 241 Å². The van der Waals surface area contributed by atoms with Gasteiger partial charge in [-0.25, -0.2) is 0 Å². The van der Waals surface area contributed by atoms with Crippen LogP contribution in [0.25, 0.3) is 11.1 Å². The maximum absolute atomic E-state index is 15.2. The molecule has 2 fully saturated rings. The summed E-state index contributed by atoms with van der Waals surface area (Å²) in [5.74, 6) is -6.34. The number of aliphatic hydroxyl groups is 1. The van der Waals surface area contributed by atoms with Crippen molar-refractivity contribution in [1.29, 1.82) is 0 Å². The first-order valence-electron chi connectivity index (χ1n) is 14.2. The number of alkyl halides is 5. The molecular formula is C33H33F5O2S. The van der Waals surface area contributed by atoms with Gasteiger partial charge in [-0.15, -0.1) is 11.8 Å². The number of carbonyl (C=O) groups is 1. The van der Waals surface area contributed by atoms with Gasteiger partial charge in [0, 0.05) is 22.6 Å². The van der Waals surface area contributed by atoms with Crippen LogP contribution < -0.4 is 0 Å². The third-order valence-electron chi connectivity index (χ3n) is 10.5. The van der Waals surface area contributed by atoms with Crippen LogP contribution in [0.15, 0.2) is 76.2 Å². The van der Waals surface area contributed by atoms with Crippen molar-refractivity contribution in [2.45, 2.75) is 80.4 Å². The van der Waals surface area contributed by atoms with Crippen molar-refractivity contribution in [3.63, 3.8) is 0 Å². The fourth-order valence-electron chi connectivity index (χ4n) is 8.41. The number of carbonyl (C=O) groups excluding carboxylic acids is 1. The van der Waals surface area contributed by atoms with Gasteiger partial charge in [0.1, 0.15) is 5.60 Å². The zero-order valence-electron chi connectivity index (χ0n) is 23.0. The van der Waals surface area contributed by atoms with Gasteiger partial charge in [0.25, 0.3) is 0 Å². The summed E-state index contributed by atoms with van der Waals surface area (Å²) in [6, 6.07) is 16.0. The lowest BCUT2D eigenvalue weighted by Crippen LogP contribution is -2.65. The molecule has 2 saturated carbocycles. The molecule has 0 radical (unpaired) electrons. The minimum Gasteiger partial charge on any atom is -0.383 e. The molecule has 2 nitrogen and oxygen atoms in total. The highest BCUT2D eigenvalue weighted by atomic mass is 32.2. The summed E-state index contributed by atoms with van der Waals surface area (Å²) in [5.41, 5.74) is 1.11. The smallest absolute Gasteiger partial charge is 0.383 e. The van der Waals surface area contributed by atoms with Crippen molar-refractivity contribution in [2.24, 2.45) is 17.3 Å². The average Bonchev–Trinajstić information content (AvgIpc) is 3.23. The molecule has 0 heterocycles. The molecule has 0 unspecified atom stereocenters. The van der Waals surface area contributed by atoms with E-state index in [0.717, 1.165) is 38.3 Å². The van der Waals surface area contributed by atoms with Crippen LogP contribution in [-0.4, -0.2) is 34.8 Å². The third-order valence-corrected chi connectivity index (χ3v) is 11.2. The Bertz CT molecular complexity index is 1430. The van der Waals surface area contributed by atoms with Crippen molar-refractivity contribution >= 4 is 17.5 Å². The van der Waals surface area contributed by atoms with E-state index in [0.29, 0.717) is 25.7 Å². The summed E-state index contributed by atoms with van der Waals surface area (Å²) >= 11 is 1.65. The Hall–Kier alpha value is -2.45. The van der Waals surface area contributed by atoms with E-state index in [1.807, 2.05) is 54.8 Å². The lowest BCUT2D eigenvalue weighted by molar-refractivity contribution is -0.362. The van der Waals surface area contributed by atoms with Crippen LogP contribution in [0, 0.1) is 17.3 Å². The van der Waals surface area contributed by atoms with Gasteiger partial charge in [0.15, 0.2) is 5.78 Å². The Balaban J connectivity index is 1.47. The van der Waals surface area contributed by atoms with Gasteiger partial charge in [-0.1, -0.05) is 48.9 Å². The lowest BCUT2D eigenvalue weighted by Gasteiger charge is -2.56. The van der Waals surface area contributed by atoms with Crippen LogP contribution in [0.5, 0.6) is 0 Å². The first kappa shape index (κ1) is 28.7. The molecule has 2 aromatic rings. The Kier molecular flexibility index (Phi) is 6.85. The van der Waals surface area contributed by atoms with Crippen molar-refractivity contribution in [2.75, 3.05) is 6.26 Å². The second kappa shape index (κ2) is 9.80. The molecule has 8 heteroatoms. The maximum atomic E-state index is 15.2. The lowest BCUT2D eigenvalue weighted by atomic mass is 9.50. The van der Waals surface area contributed by atoms with Gasteiger partial charge in [-0.3, -0.25) is 4.79 Å². The van der Waals surface area contributed by atoms with E-state index in [1.165, 1.54) is 6.92 Å². The highest BCUT2D eigenvalue weighted by Gasteiger charge is 2.79. The van der Waals surface area contributed by atoms with E-state index < -0.39 is 41.4 Å². The van der Waals surface area contributed by atoms with Crippen molar-refractivity contribution in [3.05, 3.63) is 76.9 Å². The van der Waals surface area contributed by atoms with E-state index in [1.54, 1.807) is 17.8 Å². The number of benzene rings is 2. The van der Waals surface area contributed by atoms with E-state index in [9.17, 15) is 23.1 Å². The second-order valence-corrected chi connectivity index (χ2v) is 13.2. The fraction of sp³-hybridized carbons (Fsp3) is 0.485. The molecule has 0 aliphatic heterocycles. The molecule has 4 aliphatic rings. The summed E-state index contributed by atoms with van der Waals surface area (Å²) in [6.07, 6.45) is -0.580. The predicted molar refractivity (Wildman–Crippen MR) is 150 cm³/mol. The minimum absolute atomic E-state index is 0.0157. The molecule has 218 valence electrons. The maximum Gasteiger partial charge on any atom is 0.456 e. The molecule has 6 rings (SSSR count). The Morgan fingerprint density at radius 1 is 0.902 bits per heavy atom. The molecule has 41 heavy (non-hydrogen) atoms. The normalized spacial score (nSPS) is 31.9. The van der Waals surface area contributed by atoms with Gasteiger partial charge in [-0.2, -0.15) is 22.0 Å². The topological polar surface area (TPSA) is 37.3 Å². The first-order valence-corrected chi connectivity index (χ1v) is 15.4. The molecule has 4 aliphatic carbocycles. The number of allylic oxidation sites excluding steroid dienone is 4. The number of hydrogen-bond donors (Lipinski definition) is 1. The van der Waals surface area contributed by atoms with Crippen LogP contribution in [0.4, 0.5) is 22.0 Å². The first-order chi connectivity index (χ1) is 19.3. The van der Waals surface area contributed by atoms with Gasteiger partial charge in [0.05, 0.1) is 0 Å². The number of halogens is 5. The highest BCUT2D eigenvalue weighted by molar-refractivity contribution is 7.98. The third kappa shape index (κ3) is 4.26. The molecule has 1 N–H and O–H groups in total. The molecule has 0 saturated heterocycles. The van der Waals surface area contributed by atoms with Crippen LogP contribution in [0.3, 0.4) is 0 Å². The Morgan fingerprint density at radius 3 is 2.15 bits per heavy atom. The summed E-state index contributed by atoms with van der Waals surface area (Å²) in [6.45, 7) is 1.45. The van der Waals surface area contributed by atoms with Gasteiger partial charge in [-0.05, 0) is 103 Å². The van der Waals surface area contributed by atoms with E-state index in [-0.39, 0.29) is 24.5 Å². The van der Waals surface area contributed by atoms with Gasteiger partial charge < -0.3 is 5.11 Å². The van der Waals surface area contributed by atoms with E-state index in [2.05, 4.69) is 0 Å². The molecule has 2 aromatic carbocycles. The number of thioether (sulfide) groups is 1. The standard InChI is InChI=1S/C33H33F5O2S/c1-30-18-27(21-5-3-19(4-6-21)20-7-11-24(41-2)12-8-20)29-25-14-10-23(39)17-22(25)9-13-26(29)28(30)15-16-31(30,40)32(34,35)33(36,37)38/h3-8,11-12,17,26-28,40H,9-10,13-16,18H2,1-2H3/t26-,27+,28-,30-,31+/m0/s1. The molecule has 0 aromatic heterocycles. The van der Waals surface area contributed by atoms with E-state index in [4.69, 9.17) is 0 Å². The molecular weight excluding hydrogens is 555 g/mol. The highest BCUT2D eigenvalue weighted by Crippen LogP contribution is 2.70. The van der Waals surface area contributed by atoms with Crippen LogP contribution in [0.2, 0.25) is 0 Å². The average molecular weight is 589 g/mol. The van der Waals surface area contributed by atoms with Gasteiger partial charge in [0.2, 0.25) is 0 Å². The largest absolute Gasteiger partial charge is 0.456 e. The molecule has 0 amide bonds. The summed E-state index contributed by atoms with van der Waals surface area (Å²) in [4.78, 5) is 13.4. The molecule has 5 atom stereocenters. The zero-order valence-corrected chi connectivity index (χ0v) is 23.8. The number of hydrogen-bond acceptors (Lipinski definition) is 3. The summed E-state index contributed by atoms with van der Waals surface area (Å²) < 4.78 is 71.6. The zero-order chi connectivity index (χ0) is 29.4. The second-order valence-electron chi connectivity index (χ2n) is 12.3. The van der Waals surface area contributed by atoms with E-state index >= 15 is 8.78 Å². The van der Waals surface area contributed by atoms with Gasteiger partial charge >= 0.3 is 12.1 Å². The SMILES string of the molecule is CSc1ccc(-c2ccc([C@H]3C[C@@]4(C)[C@@H](CC[C@]4(O)C(F)(F)C(F)(F)F)[C@@H]4CCC5=CC(=O)CCC5=C43)cc2)cc1. The molecule has 0 spiro atoms. The van der Waals surface area contributed by atoms with Crippen molar-refractivity contribution < 1.29 is 31.9 Å². The monoisotopic (exact) mass is 588 g/mol. The summed E-state index contributed by atoms with van der Waals surface area (Å²) in [5, 5.41) is 11.4. The number of ketones is 1. The van der Waals surface area contributed by atoms with Crippen LogP contribution in [-0.2, 0) is 4.79 Å². The summed E-state index contributed by atoms with van der Waals surface area (Å²) in [7, 11) is 0. The van der Waals surface area contributed by atoms with Crippen LogP contribution in [0.1, 0.15) is 63.4 Å². The predicted octanol–water partition coefficient (Wildman–Crippen LogP) is 8.90. The number of rotatable bonds is 4. The Morgan fingerprint density at radius 2 is 1.54 bits per heavy atom. The van der Waals surface area contributed by atoms with Crippen LogP contribution >= 0.6 is 11.8 Å². The van der Waals surface area contributed by atoms with Crippen molar-refractivity contribution in [3.8, 4) is 11.1 Å². The quantitative estimate of drug-likeness (QED) is 0.286. The molecule has 0 bridgehead atoms. The number of fused-ring (bicyclic) bond motifs is 4. The van der Waals surface area contributed by atoms with Crippen molar-refractivity contribution in [1.82, 2.24) is 0 Å². The fourth-order valence-corrected chi connectivity index (χ4v) is 8.81.